The largest absolute Gasteiger partial charge is 0.356 e. The van der Waals surface area contributed by atoms with Gasteiger partial charge in [0.1, 0.15) is 6.17 Å². The van der Waals surface area contributed by atoms with Gasteiger partial charge in [-0.05, 0) is 43.9 Å². The Labute approximate surface area is 162 Å². The number of fused-ring (bicyclic) bond motifs is 2. The molecule has 0 amide bonds. The molecule has 6 heteroatoms. The summed E-state index contributed by atoms with van der Waals surface area (Å²) < 4.78 is 0. The van der Waals surface area contributed by atoms with Crippen molar-refractivity contribution in [3.05, 3.63) is 53.3 Å². The number of likely N-dealkylation sites (N-methyl/N-ethyl adjacent to an activating group) is 1. The maximum Gasteiger partial charge on any atom is 0.101 e. The number of hydrogen-bond acceptors (Lipinski definition) is 6. The van der Waals surface area contributed by atoms with Gasteiger partial charge in [0.2, 0.25) is 0 Å². The lowest BCUT2D eigenvalue weighted by molar-refractivity contribution is 0.113. The number of hydrazine groups is 1. The second kappa shape index (κ2) is 6.84. The predicted octanol–water partition coefficient (Wildman–Crippen LogP) is 2.05. The zero-order valence-corrected chi connectivity index (χ0v) is 16.4. The van der Waals surface area contributed by atoms with Crippen molar-refractivity contribution in [2.24, 2.45) is 0 Å². The van der Waals surface area contributed by atoms with Crippen LogP contribution < -0.4 is 5.43 Å². The first-order valence-electron chi connectivity index (χ1n) is 10.3. The minimum Gasteiger partial charge on any atom is -0.356 e. The van der Waals surface area contributed by atoms with Crippen LogP contribution in [0.2, 0.25) is 0 Å². The van der Waals surface area contributed by atoms with E-state index >= 15 is 0 Å². The number of pyridine rings is 1. The van der Waals surface area contributed by atoms with Gasteiger partial charge < -0.3 is 14.8 Å². The first kappa shape index (κ1) is 17.1. The fourth-order valence-electron chi connectivity index (χ4n) is 4.92. The molecule has 6 nitrogen and oxygen atoms in total. The van der Waals surface area contributed by atoms with Crippen molar-refractivity contribution in [1.29, 1.82) is 0 Å². The molecule has 4 aliphatic heterocycles. The first-order chi connectivity index (χ1) is 13.2. The Bertz CT molecular complexity index is 772. The number of nitrogens with zero attached hydrogens (tertiary/aromatic N) is 5. The molecule has 5 rings (SSSR count). The summed E-state index contributed by atoms with van der Waals surface area (Å²) in [4.78, 5) is 12.2. The second-order valence-corrected chi connectivity index (χ2v) is 8.28. The molecule has 2 saturated heterocycles. The van der Waals surface area contributed by atoms with Crippen LogP contribution in [0.25, 0.3) is 0 Å². The molecule has 1 aromatic heterocycles. The molecule has 1 aromatic rings. The van der Waals surface area contributed by atoms with E-state index in [0.29, 0.717) is 6.17 Å². The highest BCUT2D eigenvalue weighted by Crippen LogP contribution is 2.31. The molecule has 0 bridgehead atoms. The Morgan fingerprint density at radius 1 is 1.22 bits per heavy atom. The van der Waals surface area contributed by atoms with Gasteiger partial charge in [0, 0.05) is 63.6 Å². The smallest absolute Gasteiger partial charge is 0.101 e. The lowest BCUT2D eigenvalue weighted by atomic mass is 10.1. The Hall–Kier alpha value is -2.05. The van der Waals surface area contributed by atoms with Gasteiger partial charge in [0.05, 0.1) is 11.7 Å². The molecule has 5 heterocycles. The Kier molecular flexibility index (Phi) is 4.32. The molecule has 1 N–H and O–H groups in total. The second-order valence-electron chi connectivity index (χ2n) is 8.28. The maximum atomic E-state index is 4.60. The van der Waals surface area contributed by atoms with Gasteiger partial charge in [0.25, 0.3) is 0 Å². The van der Waals surface area contributed by atoms with Gasteiger partial charge in [-0.1, -0.05) is 6.07 Å². The van der Waals surface area contributed by atoms with Crippen molar-refractivity contribution in [3.63, 3.8) is 0 Å². The van der Waals surface area contributed by atoms with Crippen molar-refractivity contribution < 1.29 is 0 Å². The molecule has 0 radical (unpaired) electrons. The summed E-state index contributed by atoms with van der Waals surface area (Å²) >= 11 is 0. The summed E-state index contributed by atoms with van der Waals surface area (Å²) in [7, 11) is 2.27. The van der Waals surface area contributed by atoms with Gasteiger partial charge in [-0.2, -0.15) is 0 Å². The van der Waals surface area contributed by atoms with Crippen molar-refractivity contribution in [3.8, 4) is 0 Å². The van der Waals surface area contributed by atoms with Crippen molar-refractivity contribution in [1.82, 2.24) is 30.1 Å². The lowest BCUT2D eigenvalue weighted by Gasteiger charge is -2.38. The molecule has 4 aliphatic rings. The molecule has 2 unspecified atom stereocenters. The van der Waals surface area contributed by atoms with Crippen LogP contribution in [0, 0.1) is 6.92 Å². The van der Waals surface area contributed by atoms with E-state index < -0.39 is 0 Å². The first-order valence-corrected chi connectivity index (χ1v) is 10.3. The van der Waals surface area contributed by atoms with E-state index in [9.17, 15) is 0 Å². The number of hydrogen-bond donors (Lipinski definition) is 1. The van der Waals surface area contributed by atoms with E-state index in [1.54, 1.807) is 0 Å². The molecule has 0 saturated carbocycles. The summed E-state index contributed by atoms with van der Waals surface area (Å²) in [5.41, 5.74) is 8.88. The fourth-order valence-corrected chi connectivity index (χ4v) is 4.92. The van der Waals surface area contributed by atoms with Crippen LogP contribution in [-0.4, -0.2) is 70.6 Å². The van der Waals surface area contributed by atoms with Crippen LogP contribution >= 0.6 is 0 Å². The molecule has 0 aromatic carbocycles. The highest BCUT2D eigenvalue weighted by molar-refractivity contribution is 5.29. The summed E-state index contributed by atoms with van der Waals surface area (Å²) in [6.07, 6.45) is 11.2. The standard InChI is InChI=1S/C21H30N6/c1-16-6-5-8-22-21(16)19-12-17-13-25(10-11-27(17)23-19)14-18-15-26-9-4-3-7-20(26)24(18)2/h5-6,8,12,15,19-20,23H,3-4,7,9-11,13-14H2,1-2H3. The van der Waals surface area contributed by atoms with Crippen LogP contribution in [0.3, 0.4) is 0 Å². The van der Waals surface area contributed by atoms with E-state index in [2.05, 4.69) is 62.4 Å². The van der Waals surface area contributed by atoms with E-state index in [4.69, 9.17) is 0 Å². The number of aryl methyl sites for hydroxylation is 1. The molecule has 27 heavy (non-hydrogen) atoms. The number of aromatic nitrogens is 1. The molecule has 0 spiro atoms. The van der Waals surface area contributed by atoms with E-state index in [-0.39, 0.29) is 6.04 Å². The van der Waals surface area contributed by atoms with Crippen LogP contribution in [-0.2, 0) is 0 Å². The summed E-state index contributed by atoms with van der Waals surface area (Å²) in [5, 5.41) is 2.32. The summed E-state index contributed by atoms with van der Waals surface area (Å²) in [6, 6.07) is 4.35. The van der Waals surface area contributed by atoms with Gasteiger partial charge in [-0.25, -0.2) is 5.43 Å². The van der Waals surface area contributed by atoms with Gasteiger partial charge in [-0.3, -0.25) is 9.88 Å². The Balaban J connectivity index is 1.27. The monoisotopic (exact) mass is 366 g/mol. The van der Waals surface area contributed by atoms with Crippen LogP contribution in [0.5, 0.6) is 0 Å². The van der Waals surface area contributed by atoms with Gasteiger partial charge in [-0.15, -0.1) is 0 Å². The highest BCUT2D eigenvalue weighted by Gasteiger charge is 2.34. The van der Waals surface area contributed by atoms with Crippen molar-refractivity contribution in [2.45, 2.75) is 38.4 Å². The normalized spacial score (nSPS) is 28.1. The minimum atomic E-state index is 0.198. The predicted molar refractivity (Wildman–Crippen MR) is 106 cm³/mol. The van der Waals surface area contributed by atoms with E-state index in [0.717, 1.165) is 31.9 Å². The van der Waals surface area contributed by atoms with Gasteiger partial charge >= 0.3 is 0 Å². The Morgan fingerprint density at radius 3 is 3.00 bits per heavy atom. The molecule has 144 valence electrons. The van der Waals surface area contributed by atoms with Crippen molar-refractivity contribution >= 4 is 0 Å². The molecule has 2 atom stereocenters. The fraction of sp³-hybridized carbons (Fsp3) is 0.571. The van der Waals surface area contributed by atoms with E-state index in [1.807, 2.05) is 12.3 Å². The third-order valence-electron chi connectivity index (χ3n) is 6.48. The zero-order chi connectivity index (χ0) is 18.4. The Morgan fingerprint density at radius 2 is 2.15 bits per heavy atom. The number of rotatable bonds is 3. The average Bonchev–Trinajstić information content (AvgIpc) is 3.23. The van der Waals surface area contributed by atoms with Gasteiger partial charge in [0.15, 0.2) is 0 Å². The zero-order valence-electron chi connectivity index (χ0n) is 16.4. The molecule has 2 fully saturated rings. The third-order valence-corrected chi connectivity index (χ3v) is 6.48. The molecular weight excluding hydrogens is 336 g/mol. The van der Waals surface area contributed by atoms with Crippen LogP contribution in [0.4, 0.5) is 0 Å². The third kappa shape index (κ3) is 3.11. The summed E-state index contributed by atoms with van der Waals surface area (Å²) in [5.74, 6) is 0. The lowest BCUT2D eigenvalue weighted by Crippen LogP contribution is -2.49. The SMILES string of the molecule is Cc1cccnc1C1C=C2CN(CC3=CN4CCCCC4N3C)CCN2N1. The van der Waals surface area contributed by atoms with E-state index in [1.165, 1.54) is 42.8 Å². The highest BCUT2D eigenvalue weighted by atomic mass is 15.6. The maximum absolute atomic E-state index is 4.60. The topological polar surface area (TPSA) is 37.9 Å². The number of nitrogens with one attached hydrogen (secondary N) is 1. The van der Waals surface area contributed by atoms with Crippen molar-refractivity contribution in [2.75, 3.05) is 39.8 Å². The quantitative estimate of drug-likeness (QED) is 0.883. The molecular formula is C21H30N6. The molecule has 0 aliphatic carbocycles. The minimum absolute atomic E-state index is 0.198. The average molecular weight is 367 g/mol. The summed E-state index contributed by atoms with van der Waals surface area (Å²) in [6.45, 7) is 7.52. The number of piperidine rings is 1. The number of piperazine rings is 1. The van der Waals surface area contributed by atoms with Crippen LogP contribution in [0.15, 0.2) is 42.0 Å². The van der Waals surface area contributed by atoms with Crippen LogP contribution in [0.1, 0.15) is 36.6 Å².